The molecule has 1 amide bonds. The molecule has 1 atom stereocenters. The van der Waals surface area contributed by atoms with E-state index < -0.39 is 12.6 Å². The molecule has 0 unspecified atom stereocenters. The number of rotatable bonds is 5. The summed E-state index contributed by atoms with van der Waals surface area (Å²) in [5.41, 5.74) is 0.889. The number of hydrogen-bond acceptors (Lipinski definition) is 3. The van der Waals surface area contributed by atoms with Crippen molar-refractivity contribution < 1.29 is 14.7 Å². The first-order valence-electron chi connectivity index (χ1n) is 5.28. The van der Waals surface area contributed by atoms with Gasteiger partial charge in [0.2, 0.25) is 5.91 Å². The lowest BCUT2D eigenvalue weighted by Crippen LogP contribution is -2.41. The molecule has 4 nitrogen and oxygen atoms in total. The summed E-state index contributed by atoms with van der Waals surface area (Å²) in [6.45, 7) is 0.897. The molecule has 2 N–H and O–H groups in total. The first kappa shape index (κ1) is 13.1. The lowest BCUT2D eigenvalue weighted by atomic mass is 10.1. The summed E-state index contributed by atoms with van der Waals surface area (Å²) >= 11 is 0. The predicted molar refractivity (Wildman–Crippen MR) is 65.2 cm³/mol. The van der Waals surface area contributed by atoms with Crippen LogP contribution in [-0.2, 0) is 9.59 Å². The summed E-state index contributed by atoms with van der Waals surface area (Å²) in [6, 6.07) is 8.45. The Morgan fingerprint density at radius 2 is 2.00 bits per heavy atom. The van der Waals surface area contributed by atoms with E-state index in [0.29, 0.717) is 0 Å². The van der Waals surface area contributed by atoms with Crippen LogP contribution in [0.1, 0.15) is 12.5 Å². The van der Waals surface area contributed by atoms with Gasteiger partial charge in [-0.3, -0.25) is 9.59 Å². The van der Waals surface area contributed by atoms with Gasteiger partial charge >= 0.3 is 0 Å². The molecule has 1 aromatic rings. The van der Waals surface area contributed by atoms with Crippen LogP contribution in [0.15, 0.2) is 36.4 Å². The molecule has 0 heterocycles. The predicted octanol–water partition coefficient (Wildman–Crippen LogP) is 0.766. The number of benzene rings is 1. The quantitative estimate of drug-likeness (QED) is 0.738. The standard InChI is InChI=1S/C13H15NO3/c1-10(16)14-12(9-15)13(17)8-7-11-5-3-2-4-6-11/h2-8,12,15H,9H2,1H3,(H,14,16)/b8-7+/t12-/m0/s1. The summed E-state index contributed by atoms with van der Waals surface area (Å²) in [4.78, 5) is 22.4. The van der Waals surface area contributed by atoms with Gasteiger partial charge in [-0.2, -0.15) is 0 Å². The van der Waals surface area contributed by atoms with Gasteiger partial charge in [0, 0.05) is 6.92 Å². The maximum Gasteiger partial charge on any atom is 0.217 e. The van der Waals surface area contributed by atoms with Gasteiger partial charge in [-0.15, -0.1) is 0 Å². The Balaban J connectivity index is 2.64. The maximum absolute atomic E-state index is 11.6. The summed E-state index contributed by atoms with van der Waals surface area (Å²) in [5.74, 6) is -0.669. The number of carbonyl (C=O) groups excluding carboxylic acids is 2. The van der Waals surface area contributed by atoms with Gasteiger partial charge in [-0.1, -0.05) is 36.4 Å². The van der Waals surface area contributed by atoms with Crippen molar-refractivity contribution in [3.63, 3.8) is 0 Å². The molecule has 0 fully saturated rings. The van der Waals surface area contributed by atoms with Gasteiger partial charge in [0.25, 0.3) is 0 Å². The van der Waals surface area contributed by atoms with Crippen molar-refractivity contribution in [1.29, 1.82) is 0 Å². The minimum absolute atomic E-state index is 0.327. The van der Waals surface area contributed by atoms with Crippen LogP contribution in [0.3, 0.4) is 0 Å². The highest BCUT2D eigenvalue weighted by molar-refractivity contribution is 5.99. The second-order valence-electron chi connectivity index (χ2n) is 3.58. The van der Waals surface area contributed by atoms with Crippen LogP contribution in [0.5, 0.6) is 0 Å². The van der Waals surface area contributed by atoms with Crippen LogP contribution in [0.25, 0.3) is 6.08 Å². The first-order valence-corrected chi connectivity index (χ1v) is 5.28. The number of nitrogens with one attached hydrogen (secondary N) is 1. The van der Waals surface area contributed by atoms with Crippen LogP contribution < -0.4 is 5.32 Å². The van der Waals surface area contributed by atoms with Gasteiger partial charge in [-0.25, -0.2) is 0 Å². The van der Waals surface area contributed by atoms with E-state index >= 15 is 0 Å². The largest absolute Gasteiger partial charge is 0.394 e. The number of ketones is 1. The Morgan fingerprint density at radius 3 is 2.53 bits per heavy atom. The topological polar surface area (TPSA) is 66.4 Å². The number of carbonyl (C=O) groups is 2. The van der Waals surface area contributed by atoms with E-state index in [9.17, 15) is 9.59 Å². The minimum Gasteiger partial charge on any atom is -0.394 e. The second kappa shape index (κ2) is 6.60. The SMILES string of the molecule is CC(=O)N[C@@H](CO)C(=O)/C=C/c1ccccc1. The highest BCUT2D eigenvalue weighted by atomic mass is 16.3. The van der Waals surface area contributed by atoms with Crippen LogP contribution in [-0.4, -0.2) is 29.4 Å². The Kier molecular flexibility index (Phi) is 5.10. The lowest BCUT2D eigenvalue weighted by molar-refractivity contribution is -0.125. The van der Waals surface area contributed by atoms with E-state index in [-0.39, 0.29) is 11.7 Å². The molecule has 0 aliphatic rings. The summed E-state index contributed by atoms with van der Waals surface area (Å²) in [6.07, 6.45) is 3.00. The summed E-state index contributed by atoms with van der Waals surface area (Å²) in [5, 5.41) is 11.3. The van der Waals surface area contributed by atoms with Crippen molar-refractivity contribution in [3.05, 3.63) is 42.0 Å². The maximum atomic E-state index is 11.6. The number of aliphatic hydroxyl groups is 1. The third-order valence-corrected chi connectivity index (χ3v) is 2.14. The normalized spacial score (nSPS) is 12.4. The van der Waals surface area contributed by atoms with E-state index in [4.69, 9.17) is 5.11 Å². The van der Waals surface area contributed by atoms with Gasteiger partial charge in [-0.05, 0) is 11.6 Å². The first-order chi connectivity index (χ1) is 8.13. The zero-order chi connectivity index (χ0) is 12.7. The van der Waals surface area contributed by atoms with Crippen LogP contribution in [0.2, 0.25) is 0 Å². The highest BCUT2D eigenvalue weighted by Gasteiger charge is 2.15. The third kappa shape index (κ3) is 4.61. The molecule has 0 saturated heterocycles. The Bertz CT molecular complexity index is 412. The third-order valence-electron chi connectivity index (χ3n) is 2.14. The minimum atomic E-state index is -0.868. The average molecular weight is 233 g/mol. The van der Waals surface area contributed by atoms with E-state index in [0.717, 1.165) is 5.56 Å². The fourth-order valence-corrected chi connectivity index (χ4v) is 1.31. The van der Waals surface area contributed by atoms with Gasteiger partial charge < -0.3 is 10.4 Å². The average Bonchev–Trinajstić information content (AvgIpc) is 2.34. The van der Waals surface area contributed by atoms with E-state index in [2.05, 4.69) is 5.32 Å². The number of hydrogen-bond donors (Lipinski definition) is 2. The van der Waals surface area contributed by atoms with Gasteiger partial charge in [0.05, 0.1) is 6.61 Å². The molecule has 0 aromatic heterocycles. The molecule has 90 valence electrons. The molecule has 1 rings (SSSR count). The van der Waals surface area contributed by atoms with Crippen LogP contribution in [0, 0.1) is 0 Å². The highest BCUT2D eigenvalue weighted by Crippen LogP contribution is 2.01. The zero-order valence-corrected chi connectivity index (χ0v) is 9.59. The van der Waals surface area contributed by atoms with Crippen molar-refractivity contribution >= 4 is 17.8 Å². The van der Waals surface area contributed by atoms with Crippen molar-refractivity contribution in [2.45, 2.75) is 13.0 Å². The smallest absolute Gasteiger partial charge is 0.217 e. The summed E-state index contributed by atoms with van der Waals surface area (Å²) in [7, 11) is 0. The van der Waals surface area contributed by atoms with Gasteiger partial charge in [0.1, 0.15) is 6.04 Å². The molecule has 0 aliphatic carbocycles. The molecule has 0 radical (unpaired) electrons. The monoisotopic (exact) mass is 233 g/mol. The molecule has 4 heteroatoms. The van der Waals surface area contributed by atoms with Crippen molar-refractivity contribution in [2.24, 2.45) is 0 Å². The van der Waals surface area contributed by atoms with Crippen molar-refractivity contribution in [1.82, 2.24) is 5.32 Å². The zero-order valence-electron chi connectivity index (χ0n) is 9.59. The summed E-state index contributed by atoms with van der Waals surface area (Å²) < 4.78 is 0. The Labute approximate surface area is 100.0 Å². The number of amides is 1. The van der Waals surface area contributed by atoms with Gasteiger partial charge in [0.15, 0.2) is 5.78 Å². The molecule has 0 spiro atoms. The molecular formula is C13H15NO3. The Hall–Kier alpha value is -1.94. The van der Waals surface area contributed by atoms with Crippen molar-refractivity contribution in [3.8, 4) is 0 Å². The van der Waals surface area contributed by atoms with Crippen molar-refractivity contribution in [2.75, 3.05) is 6.61 Å². The molecule has 0 bridgehead atoms. The Morgan fingerprint density at radius 1 is 1.35 bits per heavy atom. The second-order valence-corrected chi connectivity index (χ2v) is 3.58. The van der Waals surface area contributed by atoms with Crippen LogP contribution >= 0.6 is 0 Å². The fraction of sp³-hybridized carbons (Fsp3) is 0.231. The molecule has 17 heavy (non-hydrogen) atoms. The van der Waals surface area contributed by atoms with E-state index in [1.807, 2.05) is 30.3 Å². The molecule has 0 saturated carbocycles. The molecule has 1 aromatic carbocycles. The number of aliphatic hydroxyl groups excluding tert-OH is 1. The molecular weight excluding hydrogens is 218 g/mol. The van der Waals surface area contributed by atoms with Crippen LogP contribution in [0.4, 0.5) is 0 Å². The lowest BCUT2D eigenvalue weighted by Gasteiger charge is -2.10. The fourth-order valence-electron chi connectivity index (χ4n) is 1.31. The van der Waals surface area contributed by atoms with E-state index in [1.165, 1.54) is 13.0 Å². The van der Waals surface area contributed by atoms with E-state index in [1.54, 1.807) is 6.08 Å². The molecule has 0 aliphatic heterocycles.